The lowest BCUT2D eigenvalue weighted by Crippen LogP contribution is -2.29. The molecule has 5 nitrogen and oxygen atoms in total. The zero-order valence-corrected chi connectivity index (χ0v) is 13.0. The molecule has 1 aliphatic heterocycles. The largest absolute Gasteiger partial charge is 0.481 e. The van der Waals surface area contributed by atoms with Crippen molar-refractivity contribution >= 4 is 34.6 Å². The van der Waals surface area contributed by atoms with E-state index in [-0.39, 0.29) is 5.91 Å². The third-order valence-corrected chi connectivity index (χ3v) is 5.73. The molecule has 110 valence electrons. The third kappa shape index (κ3) is 2.71. The number of rotatable bonds is 3. The summed E-state index contributed by atoms with van der Waals surface area (Å²) in [4.78, 5) is 31.3. The summed E-state index contributed by atoms with van der Waals surface area (Å²) >= 11 is 2.97. The molecule has 1 saturated heterocycles. The van der Waals surface area contributed by atoms with Crippen LogP contribution in [0.2, 0.25) is 0 Å². The first-order chi connectivity index (χ1) is 10.1. The number of thiazole rings is 1. The molecule has 0 radical (unpaired) electrons. The lowest BCUT2D eigenvalue weighted by atomic mass is 10.1. The Kier molecular flexibility index (Phi) is 3.77. The molecular weight excluding hydrogens is 308 g/mol. The van der Waals surface area contributed by atoms with Gasteiger partial charge in [-0.2, -0.15) is 0 Å². The molecule has 0 aliphatic carbocycles. The molecule has 1 atom stereocenters. The second kappa shape index (κ2) is 5.57. The molecule has 0 saturated carbocycles. The van der Waals surface area contributed by atoms with Crippen LogP contribution in [0.4, 0.5) is 0 Å². The van der Waals surface area contributed by atoms with Crippen LogP contribution in [-0.4, -0.2) is 40.0 Å². The summed E-state index contributed by atoms with van der Waals surface area (Å²) in [5, 5.41) is 11.8. The minimum atomic E-state index is -0.828. The number of likely N-dealkylation sites (tertiary alicyclic amines) is 1. The quantitative estimate of drug-likeness (QED) is 0.943. The minimum absolute atomic E-state index is 0.100. The lowest BCUT2D eigenvalue weighted by Gasteiger charge is -2.14. The Labute approximate surface area is 129 Å². The highest BCUT2D eigenvalue weighted by Gasteiger charge is 2.32. The Morgan fingerprint density at radius 1 is 1.48 bits per heavy atom. The molecular formula is C14H14N2O3S2. The number of carboxylic acid groups (broad SMARTS) is 1. The second-order valence-corrected chi connectivity index (χ2v) is 6.93. The fraction of sp³-hybridized carbons (Fsp3) is 0.357. The number of amides is 1. The van der Waals surface area contributed by atoms with E-state index in [2.05, 4.69) is 4.98 Å². The van der Waals surface area contributed by atoms with Gasteiger partial charge in [-0.1, -0.05) is 6.07 Å². The number of aromatic nitrogens is 1. The number of thiophene rings is 1. The van der Waals surface area contributed by atoms with Crippen molar-refractivity contribution in [1.82, 2.24) is 9.88 Å². The van der Waals surface area contributed by atoms with E-state index in [4.69, 9.17) is 5.11 Å². The highest BCUT2D eigenvalue weighted by molar-refractivity contribution is 7.22. The fourth-order valence-corrected chi connectivity index (χ4v) is 4.22. The number of hydrogen-bond donors (Lipinski definition) is 1. The molecule has 0 spiro atoms. The van der Waals surface area contributed by atoms with Crippen LogP contribution in [0, 0.1) is 12.8 Å². The van der Waals surface area contributed by atoms with E-state index in [1.807, 2.05) is 24.4 Å². The summed E-state index contributed by atoms with van der Waals surface area (Å²) in [7, 11) is 0. The molecule has 3 rings (SSSR count). The number of carbonyl (C=O) groups is 2. The topological polar surface area (TPSA) is 70.5 Å². The molecule has 21 heavy (non-hydrogen) atoms. The fourth-order valence-electron chi connectivity index (χ4n) is 2.39. The number of carboxylic acids is 1. The van der Waals surface area contributed by atoms with Crippen molar-refractivity contribution in [3.8, 4) is 9.88 Å². The van der Waals surface area contributed by atoms with Gasteiger partial charge in [-0.25, -0.2) is 4.98 Å². The Morgan fingerprint density at radius 2 is 2.29 bits per heavy atom. The van der Waals surface area contributed by atoms with Crippen LogP contribution in [0.25, 0.3) is 9.88 Å². The van der Waals surface area contributed by atoms with Gasteiger partial charge in [-0.15, -0.1) is 22.7 Å². The number of carbonyl (C=O) groups excluding carboxylic acids is 1. The number of aryl methyl sites for hydroxylation is 1. The standard InChI is InChI=1S/C14H14N2O3S2/c1-8-11(21-12(15-8)10-3-2-6-20-10)13(17)16-5-4-9(7-16)14(18)19/h2-3,6,9H,4-5,7H2,1H3,(H,18,19). The smallest absolute Gasteiger partial charge is 0.308 e. The van der Waals surface area contributed by atoms with E-state index >= 15 is 0 Å². The van der Waals surface area contributed by atoms with Crippen LogP contribution in [0.5, 0.6) is 0 Å². The zero-order chi connectivity index (χ0) is 15.0. The zero-order valence-electron chi connectivity index (χ0n) is 11.4. The van der Waals surface area contributed by atoms with Crippen LogP contribution in [0.1, 0.15) is 21.8 Å². The van der Waals surface area contributed by atoms with Crippen LogP contribution in [-0.2, 0) is 4.79 Å². The van der Waals surface area contributed by atoms with Gasteiger partial charge in [0.05, 0.1) is 16.5 Å². The average molecular weight is 322 g/mol. The van der Waals surface area contributed by atoms with Crippen LogP contribution in [0.3, 0.4) is 0 Å². The lowest BCUT2D eigenvalue weighted by molar-refractivity contribution is -0.141. The minimum Gasteiger partial charge on any atom is -0.481 e. The van der Waals surface area contributed by atoms with Crippen molar-refractivity contribution in [2.75, 3.05) is 13.1 Å². The van der Waals surface area contributed by atoms with Gasteiger partial charge in [-0.3, -0.25) is 9.59 Å². The van der Waals surface area contributed by atoms with Crippen LogP contribution >= 0.6 is 22.7 Å². The van der Waals surface area contributed by atoms with Gasteiger partial charge in [-0.05, 0) is 24.8 Å². The summed E-state index contributed by atoms with van der Waals surface area (Å²) in [5.74, 6) is -1.37. The van der Waals surface area contributed by atoms with Crippen molar-refractivity contribution < 1.29 is 14.7 Å². The van der Waals surface area contributed by atoms with Crippen molar-refractivity contribution in [3.63, 3.8) is 0 Å². The van der Waals surface area contributed by atoms with Crippen molar-refractivity contribution in [1.29, 1.82) is 0 Å². The van der Waals surface area contributed by atoms with E-state index in [9.17, 15) is 9.59 Å². The molecule has 1 N–H and O–H groups in total. The van der Waals surface area contributed by atoms with E-state index in [1.54, 1.807) is 16.2 Å². The second-order valence-electron chi connectivity index (χ2n) is 4.99. The van der Waals surface area contributed by atoms with Crippen LogP contribution in [0.15, 0.2) is 17.5 Å². The van der Waals surface area contributed by atoms with E-state index in [0.717, 1.165) is 9.88 Å². The van der Waals surface area contributed by atoms with E-state index in [1.165, 1.54) is 11.3 Å². The molecule has 3 heterocycles. The molecule has 1 fully saturated rings. The predicted molar refractivity (Wildman–Crippen MR) is 81.8 cm³/mol. The van der Waals surface area contributed by atoms with E-state index in [0.29, 0.717) is 30.1 Å². The molecule has 1 aliphatic rings. The van der Waals surface area contributed by atoms with E-state index < -0.39 is 11.9 Å². The Balaban J connectivity index is 1.81. The Morgan fingerprint density at radius 3 is 2.90 bits per heavy atom. The number of nitrogens with zero attached hydrogens (tertiary/aromatic N) is 2. The molecule has 2 aromatic rings. The monoisotopic (exact) mass is 322 g/mol. The van der Waals surface area contributed by atoms with Crippen molar-refractivity contribution in [2.24, 2.45) is 5.92 Å². The molecule has 0 bridgehead atoms. The first-order valence-electron chi connectivity index (χ1n) is 6.59. The molecule has 1 amide bonds. The summed E-state index contributed by atoms with van der Waals surface area (Å²) in [6, 6.07) is 3.93. The first-order valence-corrected chi connectivity index (χ1v) is 8.29. The number of hydrogen-bond acceptors (Lipinski definition) is 5. The molecule has 1 unspecified atom stereocenters. The van der Waals surface area contributed by atoms with Gasteiger partial charge in [0.25, 0.3) is 5.91 Å². The van der Waals surface area contributed by atoms with Gasteiger partial charge < -0.3 is 10.0 Å². The van der Waals surface area contributed by atoms with Gasteiger partial charge >= 0.3 is 5.97 Å². The Bertz CT molecular complexity index is 678. The summed E-state index contributed by atoms with van der Waals surface area (Å²) in [6.07, 6.45) is 0.525. The Hall–Kier alpha value is -1.73. The highest BCUT2D eigenvalue weighted by atomic mass is 32.1. The van der Waals surface area contributed by atoms with Gasteiger partial charge in [0.15, 0.2) is 0 Å². The van der Waals surface area contributed by atoms with Gasteiger partial charge in [0.2, 0.25) is 0 Å². The SMILES string of the molecule is Cc1nc(-c2cccs2)sc1C(=O)N1CCC(C(=O)O)C1. The molecule has 7 heteroatoms. The van der Waals surface area contributed by atoms with Gasteiger partial charge in [0, 0.05) is 13.1 Å². The normalized spacial score (nSPS) is 18.1. The summed E-state index contributed by atoms with van der Waals surface area (Å²) < 4.78 is 0. The first kappa shape index (κ1) is 14.2. The average Bonchev–Trinajstić information content (AvgIpc) is 3.18. The predicted octanol–water partition coefficient (Wildman–Crippen LogP) is 2.73. The highest BCUT2D eigenvalue weighted by Crippen LogP contribution is 2.32. The molecule has 0 aromatic carbocycles. The van der Waals surface area contributed by atoms with Gasteiger partial charge in [0.1, 0.15) is 9.88 Å². The van der Waals surface area contributed by atoms with Crippen molar-refractivity contribution in [2.45, 2.75) is 13.3 Å². The van der Waals surface area contributed by atoms with Crippen molar-refractivity contribution in [3.05, 3.63) is 28.1 Å². The molecule has 2 aromatic heterocycles. The van der Waals surface area contributed by atoms with Crippen LogP contribution < -0.4 is 0 Å². The maximum Gasteiger partial charge on any atom is 0.308 e. The summed E-state index contributed by atoms with van der Waals surface area (Å²) in [5.41, 5.74) is 0.715. The third-order valence-electron chi connectivity index (χ3n) is 3.55. The number of aliphatic carboxylic acids is 1. The maximum atomic E-state index is 12.5. The maximum absolute atomic E-state index is 12.5. The summed E-state index contributed by atoms with van der Waals surface area (Å²) in [6.45, 7) is 2.62.